The minimum atomic E-state index is -0.252. The lowest BCUT2D eigenvalue weighted by atomic mass is 10.1. The van der Waals surface area contributed by atoms with Gasteiger partial charge in [-0.2, -0.15) is 0 Å². The summed E-state index contributed by atoms with van der Waals surface area (Å²) in [7, 11) is 3.91. The summed E-state index contributed by atoms with van der Waals surface area (Å²) in [6.07, 6.45) is 2.33. The zero-order valence-electron chi connectivity index (χ0n) is 16.4. The summed E-state index contributed by atoms with van der Waals surface area (Å²) in [5.41, 5.74) is 2.62. The fourth-order valence-corrected chi connectivity index (χ4v) is 2.85. The molecule has 0 saturated carbocycles. The lowest BCUT2D eigenvalue weighted by Gasteiger charge is -2.25. The van der Waals surface area contributed by atoms with Gasteiger partial charge in [-0.1, -0.05) is 6.92 Å². The first-order valence-corrected chi connectivity index (χ1v) is 9.14. The maximum atomic E-state index is 12.8. The number of rotatable bonds is 8. The van der Waals surface area contributed by atoms with Crippen molar-refractivity contribution in [2.24, 2.45) is 0 Å². The van der Waals surface area contributed by atoms with Crippen molar-refractivity contribution in [3.8, 4) is 0 Å². The molecule has 7 nitrogen and oxygen atoms in total. The van der Waals surface area contributed by atoms with Crippen LogP contribution in [0.15, 0.2) is 41.0 Å². The van der Waals surface area contributed by atoms with E-state index in [9.17, 15) is 9.59 Å². The van der Waals surface area contributed by atoms with E-state index in [4.69, 9.17) is 4.42 Å². The molecule has 0 aliphatic carbocycles. The van der Waals surface area contributed by atoms with E-state index >= 15 is 0 Å². The van der Waals surface area contributed by atoms with Crippen LogP contribution < -0.4 is 15.5 Å². The Morgan fingerprint density at radius 3 is 2.52 bits per heavy atom. The Morgan fingerprint density at radius 1 is 1.15 bits per heavy atom. The topological polar surface area (TPSA) is 77.8 Å². The highest BCUT2D eigenvalue weighted by atomic mass is 16.3. The Morgan fingerprint density at radius 2 is 1.93 bits per heavy atom. The van der Waals surface area contributed by atoms with E-state index in [1.807, 2.05) is 51.0 Å². The van der Waals surface area contributed by atoms with Crippen molar-refractivity contribution in [3.63, 3.8) is 0 Å². The van der Waals surface area contributed by atoms with Gasteiger partial charge in [-0.05, 0) is 49.2 Å². The van der Waals surface area contributed by atoms with Gasteiger partial charge in [0.15, 0.2) is 5.76 Å². The van der Waals surface area contributed by atoms with Crippen LogP contribution in [0.4, 0.5) is 16.2 Å². The molecule has 7 heteroatoms. The van der Waals surface area contributed by atoms with E-state index in [1.165, 1.54) is 6.26 Å². The third-order valence-corrected chi connectivity index (χ3v) is 4.03. The summed E-state index contributed by atoms with van der Waals surface area (Å²) in [5.74, 6) is 0.181. The fraction of sp³-hybridized carbons (Fsp3) is 0.400. The number of anilines is 2. The molecule has 0 aliphatic heterocycles. The van der Waals surface area contributed by atoms with Gasteiger partial charge in [0, 0.05) is 45.1 Å². The molecule has 0 unspecified atom stereocenters. The van der Waals surface area contributed by atoms with Crippen LogP contribution >= 0.6 is 0 Å². The molecule has 2 rings (SSSR count). The molecule has 0 bridgehead atoms. The first kappa shape index (κ1) is 20.4. The molecule has 0 spiro atoms. The van der Waals surface area contributed by atoms with Gasteiger partial charge < -0.3 is 24.9 Å². The number of hydrogen-bond acceptors (Lipinski definition) is 4. The molecule has 0 fully saturated rings. The van der Waals surface area contributed by atoms with Gasteiger partial charge in [0.2, 0.25) is 0 Å². The average molecular weight is 372 g/mol. The normalized spacial score (nSPS) is 10.4. The van der Waals surface area contributed by atoms with Crippen LogP contribution in [-0.2, 0) is 6.54 Å². The number of nitrogens with zero attached hydrogens (tertiary/aromatic N) is 2. The molecular weight excluding hydrogens is 344 g/mol. The van der Waals surface area contributed by atoms with E-state index < -0.39 is 0 Å². The van der Waals surface area contributed by atoms with Crippen LogP contribution in [0.2, 0.25) is 0 Å². The summed E-state index contributed by atoms with van der Waals surface area (Å²) < 4.78 is 5.27. The van der Waals surface area contributed by atoms with Gasteiger partial charge in [0.25, 0.3) is 5.91 Å². The monoisotopic (exact) mass is 372 g/mol. The predicted octanol–water partition coefficient (Wildman–Crippen LogP) is 3.54. The van der Waals surface area contributed by atoms with Crippen molar-refractivity contribution in [3.05, 3.63) is 47.9 Å². The molecule has 1 aromatic heterocycles. The molecule has 0 saturated heterocycles. The molecule has 2 N–H and O–H groups in total. The standard InChI is InChI=1S/C20H28N4O3/c1-5-11-24(19(25)18-8-7-12-27-18)14-15-13-16(22-20(26)21-6-2)9-10-17(15)23(3)4/h7-10,12-13H,5-6,11,14H2,1-4H3,(H2,21,22,26). The predicted molar refractivity (Wildman–Crippen MR) is 107 cm³/mol. The minimum absolute atomic E-state index is 0.145. The Balaban J connectivity index is 2.28. The summed E-state index contributed by atoms with van der Waals surface area (Å²) in [4.78, 5) is 28.3. The van der Waals surface area contributed by atoms with Crippen LogP contribution in [0.5, 0.6) is 0 Å². The summed E-state index contributed by atoms with van der Waals surface area (Å²) in [6, 6.07) is 8.83. The second-order valence-electron chi connectivity index (χ2n) is 6.43. The van der Waals surface area contributed by atoms with Crippen molar-refractivity contribution < 1.29 is 14.0 Å². The van der Waals surface area contributed by atoms with Gasteiger partial charge in [-0.15, -0.1) is 0 Å². The molecule has 2 aromatic rings. The lowest BCUT2D eigenvalue weighted by Crippen LogP contribution is -2.32. The van der Waals surface area contributed by atoms with Crippen molar-refractivity contribution in [2.75, 3.05) is 37.4 Å². The van der Waals surface area contributed by atoms with Crippen LogP contribution in [0.3, 0.4) is 0 Å². The van der Waals surface area contributed by atoms with Crippen LogP contribution in [0.25, 0.3) is 0 Å². The van der Waals surface area contributed by atoms with E-state index in [-0.39, 0.29) is 11.9 Å². The Bertz CT molecular complexity index is 757. The van der Waals surface area contributed by atoms with Crippen molar-refractivity contribution >= 4 is 23.3 Å². The number of furan rings is 1. The molecule has 146 valence electrons. The smallest absolute Gasteiger partial charge is 0.319 e. The molecule has 3 amide bonds. The Kier molecular flexibility index (Phi) is 7.28. The number of carbonyl (C=O) groups excluding carboxylic acids is 2. The number of benzene rings is 1. The van der Waals surface area contributed by atoms with Gasteiger partial charge in [-0.25, -0.2) is 4.79 Å². The van der Waals surface area contributed by atoms with E-state index in [1.54, 1.807) is 17.0 Å². The third-order valence-electron chi connectivity index (χ3n) is 4.03. The fourth-order valence-electron chi connectivity index (χ4n) is 2.85. The molecule has 27 heavy (non-hydrogen) atoms. The summed E-state index contributed by atoms with van der Waals surface area (Å²) >= 11 is 0. The van der Waals surface area contributed by atoms with E-state index in [0.29, 0.717) is 31.1 Å². The molecule has 0 atom stereocenters. The van der Waals surface area contributed by atoms with Gasteiger partial charge in [-0.3, -0.25) is 4.79 Å². The lowest BCUT2D eigenvalue weighted by molar-refractivity contribution is 0.0711. The average Bonchev–Trinajstić information content (AvgIpc) is 3.15. The number of carbonyl (C=O) groups is 2. The maximum Gasteiger partial charge on any atom is 0.319 e. The quantitative estimate of drug-likeness (QED) is 0.743. The minimum Gasteiger partial charge on any atom is -0.459 e. The highest BCUT2D eigenvalue weighted by Crippen LogP contribution is 2.25. The maximum absolute atomic E-state index is 12.8. The number of urea groups is 1. The van der Waals surface area contributed by atoms with Gasteiger partial charge in [0.1, 0.15) is 0 Å². The largest absolute Gasteiger partial charge is 0.459 e. The second kappa shape index (κ2) is 9.66. The van der Waals surface area contributed by atoms with E-state index in [2.05, 4.69) is 10.6 Å². The Labute approximate surface area is 160 Å². The number of nitrogens with one attached hydrogen (secondary N) is 2. The molecular formula is C20H28N4O3. The molecule has 1 aromatic carbocycles. The SMILES string of the molecule is CCCN(Cc1cc(NC(=O)NCC)ccc1N(C)C)C(=O)c1ccco1. The van der Waals surface area contributed by atoms with Crippen molar-refractivity contribution in [1.82, 2.24) is 10.2 Å². The van der Waals surface area contributed by atoms with Crippen LogP contribution in [0, 0.1) is 0 Å². The van der Waals surface area contributed by atoms with E-state index in [0.717, 1.165) is 17.7 Å². The first-order valence-electron chi connectivity index (χ1n) is 9.14. The summed E-state index contributed by atoms with van der Waals surface area (Å²) in [5, 5.41) is 5.53. The van der Waals surface area contributed by atoms with Gasteiger partial charge in [0.05, 0.1) is 6.26 Å². The van der Waals surface area contributed by atoms with Crippen LogP contribution in [-0.4, -0.2) is 44.0 Å². The molecule has 0 radical (unpaired) electrons. The zero-order chi connectivity index (χ0) is 19.8. The highest BCUT2D eigenvalue weighted by molar-refractivity contribution is 5.92. The Hall–Kier alpha value is -2.96. The molecule has 0 aliphatic rings. The first-order chi connectivity index (χ1) is 13.0. The molecule has 1 heterocycles. The summed E-state index contributed by atoms with van der Waals surface area (Å²) in [6.45, 7) is 5.48. The zero-order valence-corrected chi connectivity index (χ0v) is 16.4. The van der Waals surface area contributed by atoms with Crippen molar-refractivity contribution in [1.29, 1.82) is 0 Å². The second-order valence-corrected chi connectivity index (χ2v) is 6.43. The number of amides is 3. The highest BCUT2D eigenvalue weighted by Gasteiger charge is 2.20. The number of hydrogen-bond donors (Lipinski definition) is 2. The third kappa shape index (κ3) is 5.51. The van der Waals surface area contributed by atoms with Crippen LogP contribution in [0.1, 0.15) is 36.4 Å². The van der Waals surface area contributed by atoms with Crippen molar-refractivity contribution in [2.45, 2.75) is 26.8 Å². The van der Waals surface area contributed by atoms with Gasteiger partial charge >= 0.3 is 6.03 Å².